The summed E-state index contributed by atoms with van der Waals surface area (Å²) in [5.74, 6) is 0.928. The van der Waals surface area contributed by atoms with Gasteiger partial charge in [-0.25, -0.2) is 4.98 Å². The second-order valence-corrected chi connectivity index (χ2v) is 8.65. The molecule has 0 aliphatic rings. The Morgan fingerprint density at radius 1 is 0.969 bits per heavy atom. The van der Waals surface area contributed by atoms with Crippen LogP contribution in [0.1, 0.15) is 75.7 Å². The van der Waals surface area contributed by atoms with E-state index in [9.17, 15) is 4.79 Å². The Morgan fingerprint density at radius 3 is 2.25 bits per heavy atom. The van der Waals surface area contributed by atoms with E-state index < -0.39 is 0 Å². The summed E-state index contributed by atoms with van der Waals surface area (Å²) in [6.07, 6.45) is 5.99. The first kappa shape index (κ1) is 24.0. The third-order valence-electron chi connectivity index (χ3n) is 5.87. The average molecular weight is 435 g/mol. The fourth-order valence-electron chi connectivity index (χ4n) is 4.02. The molecule has 1 heterocycles. The van der Waals surface area contributed by atoms with E-state index in [2.05, 4.69) is 53.8 Å². The molecule has 3 rings (SSSR count). The molecule has 0 saturated heterocycles. The number of fused-ring (bicyclic) bond motifs is 1. The number of benzene rings is 2. The summed E-state index contributed by atoms with van der Waals surface area (Å²) in [4.78, 5) is 19.0. The molecule has 1 aromatic heterocycles. The van der Waals surface area contributed by atoms with Crippen molar-refractivity contribution in [3.63, 3.8) is 0 Å². The maximum atomic E-state index is 11.6. The zero-order valence-corrected chi connectivity index (χ0v) is 20.2. The van der Waals surface area contributed by atoms with E-state index in [0.29, 0.717) is 0 Å². The van der Waals surface area contributed by atoms with Gasteiger partial charge in [-0.2, -0.15) is 0 Å². The lowest BCUT2D eigenvalue weighted by Crippen LogP contribution is -2.25. The maximum Gasteiger partial charge on any atom is 0.208 e. The number of carbonyl (C=O) groups excluding carboxylic acids is 1. The van der Waals surface area contributed by atoms with Crippen molar-refractivity contribution in [2.24, 2.45) is 0 Å². The number of nitrogens with one attached hydrogen (secondary N) is 1. The van der Waals surface area contributed by atoms with E-state index in [1.165, 1.54) is 36.8 Å². The van der Waals surface area contributed by atoms with Gasteiger partial charge in [-0.15, -0.1) is 0 Å². The van der Waals surface area contributed by atoms with Gasteiger partial charge in [0.25, 0.3) is 0 Å². The smallest absolute Gasteiger partial charge is 0.208 e. The van der Waals surface area contributed by atoms with Crippen molar-refractivity contribution in [1.82, 2.24) is 14.5 Å². The summed E-state index contributed by atoms with van der Waals surface area (Å²) in [5, 5.41) is 3.46. The molecule has 172 valence electrons. The zero-order valence-electron chi connectivity index (χ0n) is 20.2. The third-order valence-corrected chi connectivity index (χ3v) is 5.87. The number of aromatic nitrogens is 2. The highest BCUT2D eigenvalue weighted by Gasteiger charge is 2.13. The van der Waals surface area contributed by atoms with Crippen molar-refractivity contribution in [1.29, 1.82) is 0 Å². The summed E-state index contributed by atoms with van der Waals surface area (Å²) in [7, 11) is 0. The topological polar surface area (TPSA) is 50.2 Å². The predicted molar refractivity (Wildman–Crippen MR) is 135 cm³/mol. The third kappa shape index (κ3) is 6.19. The van der Waals surface area contributed by atoms with Gasteiger partial charge in [-0.3, -0.25) is 9.69 Å². The van der Waals surface area contributed by atoms with Crippen molar-refractivity contribution in [2.45, 2.75) is 72.9 Å². The average Bonchev–Trinajstić information content (AvgIpc) is 3.12. The first-order chi connectivity index (χ1) is 15.5. The molecule has 2 aromatic carbocycles. The molecular formula is C27H38N4O. The lowest BCUT2D eigenvalue weighted by molar-refractivity contribution is 0.101. The number of hydrogen-bond acceptors (Lipinski definition) is 4. The van der Waals surface area contributed by atoms with Crippen LogP contribution in [0.5, 0.6) is 0 Å². The van der Waals surface area contributed by atoms with Crippen molar-refractivity contribution in [3.05, 3.63) is 53.6 Å². The number of anilines is 2. The van der Waals surface area contributed by atoms with Gasteiger partial charge in [-0.05, 0) is 81.2 Å². The number of aryl methyl sites for hydroxylation is 1. The number of hydrogen-bond donors (Lipinski definition) is 1. The number of ketones is 1. The van der Waals surface area contributed by atoms with Crippen LogP contribution in [0.25, 0.3) is 11.0 Å². The minimum Gasteiger partial charge on any atom is -0.326 e. The highest BCUT2D eigenvalue weighted by molar-refractivity contribution is 5.94. The monoisotopic (exact) mass is 434 g/mol. The number of nitrogens with zero attached hydrogens (tertiary/aromatic N) is 3. The molecule has 0 aliphatic heterocycles. The second kappa shape index (κ2) is 11.8. The normalized spacial score (nSPS) is 11.4. The Hall–Kier alpha value is -2.66. The highest BCUT2D eigenvalue weighted by atomic mass is 16.1. The van der Waals surface area contributed by atoms with Crippen molar-refractivity contribution >= 4 is 28.5 Å². The number of rotatable bonds is 13. The standard InChI is InChI=1S/C27H38N4O/c1-5-8-17-30(18-9-6-2)20-22-10-15-25-26(19-22)31(16-7-3)27(29-25)28-24-13-11-23(12-14-24)21(4)32/h10-15,19H,5-9,16-18,20H2,1-4H3,(H,28,29). The summed E-state index contributed by atoms with van der Waals surface area (Å²) in [5.41, 5.74) is 5.20. The molecule has 0 amide bonds. The van der Waals surface area contributed by atoms with Gasteiger partial charge in [-0.1, -0.05) is 39.7 Å². The van der Waals surface area contributed by atoms with Crippen LogP contribution >= 0.6 is 0 Å². The molecule has 0 aliphatic carbocycles. The largest absolute Gasteiger partial charge is 0.326 e. The molecule has 0 fully saturated rings. The molecule has 5 heteroatoms. The van der Waals surface area contributed by atoms with E-state index >= 15 is 0 Å². The van der Waals surface area contributed by atoms with Crippen molar-refractivity contribution in [2.75, 3.05) is 18.4 Å². The Morgan fingerprint density at radius 2 is 1.66 bits per heavy atom. The van der Waals surface area contributed by atoms with Crippen LogP contribution in [0.3, 0.4) is 0 Å². The minimum atomic E-state index is 0.0780. The maximum absolute atomic E-state index is 11.6. The van der Waals surface area contributed by atoms with Gasteiger partial charge in [0.2, 0.25) is 5.95 Å². The number of Topliss-reactive ketones (excluding diaryl/α,β-unsaturated/α-hetero) is 1. The second-order valence-electron chi connectivity index (χ2n) is 8.65. The van der Waals surface area contributed by atoms with Crippen molar-refractivity contribution in [3.8, 4) is 0 Å². The molecule has 0 unspecified atom stereocenters. The first-order valence-corrected chi connectivity index (χ1v) is 12.1. The molecular weight excluding hydrogens is 396 g/mol. The molecule has 1 N–H and O–H groups in total. The van der Waals surface area contributed by atoms with Gasteiger partial charge in [0.05, 0.1) is 11.0 Å². The highest BCUT2D eigenvalue weighted by Crippen LogP contribution is 2.25. The van der Waals surface area contributed by atoms with Gasteiger partial charge in [0, 0.05) is 24.3 Å². The summed E-state index contributed by atoms with van der Waals surface area (Å²) < 4.78 is 2.28. The summed E-state index contributed by atoms with van der Waals surface area (Å²) in [6, 6.07) is 14.3. The van der Waals surface area contributed by atoms with Crippen LogP contribution in [0.4, 0.5) is 11.6 Å². The Bertz CT molecular complexity index is 998. The lowest BCUT2D eigenvalue weighted by atomic mass is 10.1. The van der Waals surface area contributed by atoms with E-state index in [1.807, 2.05) is 24.3 Å². The summed E-state index contributed by atoms with van der Waals surface area (Å²) >= 11 is 0. The molecule has 0 saturated carbocycles. The molecule has 0 radical (unpaired) electrons. The molecule has 3 aromatic rings. The van der Waals surface area contributed by atoms with Gasteiger partial charge in [0.1, 0.15) is 0 Å². The molecule has 0 atom stereocenters. The Kier molecular flexibility index (Phi) is 8.86. The van der Waals surface area contributed by atoms with Crippen LogP contribution in [0, 0.1) is 0 Å². The van der Waals surface area contributed by atoms with Gasteiger partial charge >= 0.3 is 0 Å². The molecule has 5 nitrogen and oxygen atoms in total. The fourth-order valence-corrected chi connectivity index (χ4v) is 4.02. The quantitative estimate of drug-likeness (QED) is 0.301. The minimum absolute atomic E-state index is 0.0780. The number of unbranched alkanes of at least 4 members (excludes halogenated alkanes) is 2. The molecule has 32 heavy (non-hydrogen) atoms. The summed E-state index contributed by atoms with van der Waals surface area (Å²) in [6.45, 7) is 12.5. The Labute approximate surface area is 192 Å². The SMILES string of the molecule is CCCCN(CCCC)Cc1ccc2nc(Nc3ccc(C(C)=O)cc3)n(CCC)c2c1. The predicted octanol–water partition coefficient (Wildman–Crippen LogP) is 6.79. The van der Waals surface area contributed by atoms with Gasteiger partial charge < -0.3 is 9.88 Å². The van der Waals surface area contributed by atoms with Gasteiger partial charge in [0.15, 0.2) is 5.78 Å². The molecule has 0 bridgehead atoms. The number of imidazole rings is 1. The molecule has 0 spiro atoms. The van der Waals surface area contributed by atoms with Crippen LogP contribution in [0.15, 0.2) is 42.5 Å². The van der Waals surface area contributed by atoms with Crippen LogP contribution < -0.4 is 5.32 Å². The lowest BCUT2D eigenvalue weighted by Gasteiger charge is -2.22. The zero-order chi connectivity index (χ0) is 22.9. The van der Waals surface area contributed by atoms with E-state index in [1.54, 1.807) is 6.92 Å². The van der Waals surface area contributed by atoms with E-state index in [4.69, 9.17) is 4.98 Å². The fraction of sp³-hybridized carbons (Fsp3) is 0.481. The van der Waals surface area contributed by atoms with E-state index in [-0.39, 0.29) is 5.78 Å². The number of carbonyl (C=O) groups is 1. The van der Waals surface area contributed by atoms with Crippen molar-refractivity contribution < 1.29 is 4.79 Å². The van der Waals surface area contributed by atoms with E-state index in [0.717, 1.165) is 55.3 Å². The Balaban J connectivity index is 1.85. The van der Waals surface area contributed by atoms with Crippen LogP contribution in [-0.4, -0.2) is 33.3 Å². The van der Waals surface area contributed by atoms with Crippen LogP contribution in [0.2, 0.25) is 0 Å². The first-order valence-electron chi connectivity index (χ1n) is 12.1. The van der Waals surface area contributed by atoms with Crippen LogP contribution in [-0.2, 0) is 13.1 Å².